The normalized spacial score (nSPS) is 9.93. The highest BCUT2D eigenvalue weighted by Crippen LogP contribution is 2.27. The van der Waals surface area contributed by atoms with Crippen LogP contribution in [0.3, 0.4) is 0 Å². The highest BCUT2D eigenvalue weighted by atomic mass is 79.9. The van der Waals surface area contributed by atoms with Gasteiger partial charge in [0.05, 0.1) is 24.6 Å². The van der Waals surface area contributed by atoms with Gasteiger partial charge in [0.2, 0.25) is 0 Å². The van der Waals surface area contributed by atoms with Crippen molar-refractivity contribution >= 4 is 34.4 Å². The van der Waals surface area contributed by atoms with E-state index in [4.69, 9.17) is 4.74 Å². The van der Waals surface area contributed by atoms with Gasteiger partial charge < -0.3 is 10.1 Å². The molecule has 2 aromatic carbocycles. The van der Waals surface area contributed by atoms with Crippen molar-refractivity contribution in [3.8, 4) is 17.0 Å². The zero-order chi connectivity index (χ0) is 19.2. The lowest BCUT2D eigenvalue weighted by Gasteiger charge is -2.08. The van der Waals surface area contributed by atoms with Crippen molar-refractivity contribution in [1.82, 2.24) is 4.98 Å². The number of ketones is 1. The first-order chi connectivity index (χ1) is 13.1. The van der Waals surface area contributed by atoms with Crippen LogP contribution in [0.5, 0.6) is 5.75 Å². The van der Waals surface area contributed by atoms with Gasteiger partial charge in [-0.05, 0) is 36.2 Å². The van der Waals surface area contributed by atoms with Gasteiger partial charge in [-0.1, -0.05) is 24.3 Å². The molecule has 0 saturated heterocycles. The van der Waals surface area contributed by atoms with Gasteiger partial charge in [-0.2, -0.15) is 0 Å². The summed E-state index contributed by atoms with van der Waals surface area (Å²) >= 11 is 0. The van der Waals surface area contributed by atoms with Gasteiger partial charge in [0.1, 0.15) is 5.75 Å². The number of carbonyl (C=O) groups is 2. The van der Waals surface area contributed by atoms with Gasteiger partial charge in [-0.3, -0.25) is 9.59 Å². The molecule has 6 nitrogen and oxygen atoms in total. The third-order valence-corrected chi connectivity index (χ3v) is 4.06. The van der Waals surface area contributed by atoms with E-state index in [1.54, 1.807) is 48.5 Å². The number of ether oxygens (including phenoxy) is 1. The minimum Gasteiger partial charge on any atom is -0.496 e. The Balaban J connectivity index is 0.00000280. The van der Waals surface area contributed by atoms with Crippen LogP contribution in [-0.4, -0.2) is 23.8 Å². The standard InChI is InChI=1S/C21H19N3O3.BrH/c1-15(25)16-7-3-5-9-19(16)23-21(26)13-24-12-11-18(22-14-24)17-8-4-6-10-20(17)27-2;/h3-12,14H,13H2,1-2H3;1H/p+1. The van der Waals surface area contributed by atoms with Crippen LogP contribution in [0.1, 0.15) is 17.3 Å². The molecule has 0 aliphatic rings. The molecule has 1 heterocycles. The summed E-state index contributed by atoms with van der Waals surface area (Å²) in [5, 5.41) is 2.78. The number of hydrogen-bond donors (Lipinski definition) is 1. The largest absolute Gasteiger partial charge is 0.496 e. The number of methoxy groups -OCH3 is 1. The Morgan fingerprint density at radius 3 is 2.46 bits per heavy atom. The molecule has 0 radical (unpaired) electrons. The molecule has 0 bridgehead atoms. The molecule has 0 atom stereocenters. The van der Waals surface area contributed by atoms with Crippen LogP contribution in [0.15, 0.2) is 67.1 Å². The molecule has 3 rings (SSSR count). The second kappa shape index (κ2) is 9.75. The minimum atomic E-state index is -0.236. The smallest absolute Gasteiger partial charge is 0.287 e. The van der Waals surface area contributed by atoms with E-state index < -0.39 is 0 Å². The first-order valence-corrected chi connectivity index (χ1v) is 8.47. The second-order valence-corrected chi connectivity index (χ2v) is 5.97. The number of hydrogen-bond acceptors (Lipinski definition) is 4. The molecule has 0 fully saturated rings. The summed E-state index contributed by atoms with van der Waals surface area (Å²) in [5.41, 5.74) is 2.63. The van der Waals surface area contributed by atoms with Crippen molar-refractivity contribution in [2.75, 3.05) is 12.4 Å². The van der Waals surface area contributed by atoms with Crippen LogP contribution in [0.4, 0.5) is 5.69 Å². The van der Waals surface area contributed by atoms with Crippen molar-refractivity contribution in [2.45, 2.75) is 13.5 Å². The van der Waals surface area contributed by atoms with E-state index in [0.717, 1.165) is 17.0 Å². The number of halogens is 1. The Bertz CT molecular complexity index is 975. The van der Waals surface area contributed by atoms with E-state index in [1.807, 2.05) is 30.3 Å². The fraction of sp³-hybridized carbons (Fsp3) is 0.143. The molecule has 28 heavy (non-hydrogen) atoms. The topological polar surface area (TPSA) is 72.2 Å². The van der Waals surface area contributed by atoms with Crippen LogP contribution < -0.4 is 14.6 Å². The third-order valence-electron chi connectivity index (χ3n) is 4.06. The maximum Gasteiger partial charge on any atom is 0.287 e. The van der Waals surface area contributed by atoms with Crippen molar-refractivity contribution in [3.05, 3.63) is 72.7 Å². The Kier molecular flexibility index (Phi) is 7.40. The summed E-state index contributed by atoms with van der Waals surface area (Å²) in [6.07, 6.45) is 3.38. The fourth-order valence-corrected chi connectivity index (χ4v) is 2.75. The van der Waals surface area contributed by atoms with E-state index in [9.17, 15) is 9.59 Å². The summed E-state index contributed by atoms with van der Waals surface area (Å²) < 4.78 is 7.02. The van der Waals surface area contributed by atoms with Crippen molar-refractivity contribution in [1.29, 1.82) is 0 Å². The Morgan fingerprint density at radius 2 is 1.79 bits per heavy atom. The van der Waals surface area contributed by atoms with Gasteiger partial charge in [0, 0.05) is 11.6 Å². The number of aromatic nitrogens is 2. The average Bonchev–Trinajstić information content (AvgIpc) is 2.68. The molecule has 0 aliphatic carbocycles. The molecule has 0 spiro atoms. The number of Topliss-reactive ketones (excluding diaryl/α,β-unsaturated/α-hetero) is 1. The first kappa shape index (κ1) is 21.2. The van der Waals surface area contributed by atoms with E-state index in [0.29, 0.717) is 11.3 Å². The monoisotopic (exact) mass is 442 g/mol. The van der Waals surface area contributed by atoms with Gasteiger partial charge in [0.25, 0.3) is 12.2 Å². The lowest BCUT2D eigenvalue weighted by Crippen LogP contribution is -2.40. The van der Waals surface area contributed by atoms with Crippen LogP contribution in [-0.2, 0) is 11.3 Å². The van der Waals surface area contributed by atoms with E-state index in [1.165, 1.54) is 6.92 Å². The first-order valence-electron chi connectivity index (χ1n) is 8.47. The summed E-state index contributed by atoms with van der Waals surface area (Å²) in [5.74, 6) is 0.406. The van der Waals surface area contributed by atoms with Crippen molar-refractivity contribution < 1.29 is 18.9 Å². The minimum absolute atomic E-state index is 0. The third kappa shape index (κ3) is 5.01. The van der Waals surface area contributed by atoms with Gasteiger partial charge >= 0.3 is 0 Å². The van der Waals surface area contributed by atoms with Crippen LogP contribution >= 0.6 is 17.0 Å². The Hall–Kier alpha value is -3.06. The molecule has 0 saturated carbocycles. The number of anilines is 1. The maximum absolute atomic E-state index is 12.3. The number of benzene rings is 2. The predicted octanol–water partition coefficient (Wildman–Crippen LogP) is 3.46. The number of rotatable bonds is 6. The molecule has 1 aromatic heterocycles. The SMILES string of the molecule is Br.COc1ccccc1-c1cc[n+](CC(=O)Nc2ccccc2C(C)=O)cn1. The van der Waals surface area contributed by atoms with E-state index in [-0.39, 0.29) is 35.2 Å². The van der Waals surface area contributed by atoms with Gasteiger partial charge in [-0.25, -0.2) is 4.57 Å². The van der Waals surface area contributed by atoms with E-state index in [2.05, 4.69) is 10.3 Å². The van der Waals surface area contributed by atoms with Crippen molar-refractivity contribution in [3.63, 3.8) is 0 Å². The van der Waals surface area contributed by atoms with E-state index >= 15 is 0 Å². The molecule has 0 unspecified atom stereocenters. The number of nitrogens with zero attached hydrogens (tertiary/aromatic N) is 2. The molecular formula is C21H21BrN3O3+. The predicted molar refractivity (Wildman–Crippen MR) is 112 cm³/mol. The molecule has 1 amide bonds. The second-order valence-electron chi connectivity index (χ2n) is 5.97. The van der Waals surface area contributed by atoms with Crippen LogP contribution in [0.25, 0.3) is 11.3 Å². The summed E-state index contributed by atoms with van der Waals surface area (Å²) in [6, 6.07) is 16.4. The zero-order valence-corrected chi connectivity index (χ0v) is 17.3. The molecular weight excluding hydrogens is 422 g/mol. The Morgan fingerprint density at radius 1 is 1.07 bits per heavy atom. The van der Waals surface area contributed by atoms with Gasteiger partial charge in [-0.15, -0.1) is 17.0 Å². The summed E-state index contributed by atoms with van der Waals surface area (Å²) in [7, 11) is 1.62. The lowest BCUT2D eigenvalue weighted by molar-refractivity contribution is -0.686. The maximum atomic E-state index is 12.3. The number of nitrogens with one attached hydrogen (secondary N) is 1. The summed E-state index contributed by atoms with van der Waals surface area (Å²) in [4.78, 5) is 28.4. The molecule has 3 aromatic rings. The van der Waals surface area contributed by atoms with Crippen LogP contribution in [0.2, 0.25) is 0 Å². The molecule has 7 heteroatoms. The number of carbonyl (C=O) groups excluding carboxylic acids is 2. The lowest BCUT2D eigenvalue weighted by atomic mass is 10.1. The molecule has 144 valence electrons. The van der Waals surface area contributed by atoms with Gasteiger partial charge in [0.15, 0.2) is 18.0 Å². The highest BCUT2D eigenvalue weighted by molar-refractivity contribution is 8.93. The summed E-state index contributed by atoms with van der Waals surface area (Å²) in [6.45, 7) is 1.56. The zero-order valence-electron chi connectivity index (χ0n) is 15.6. The van der Waals surface area contributed by atoms with Crippen molar-refractivity contribution in [2.24, 2.45) is 0 Å². The fourth-order valence-electron chi connectivity index (χ4n) is 2.75. The Labute approximate surface area is 174 Å². The number of amides is 1. The number of para-hydroxylation sites is 2. The highest BCUT2D eigenvalue weighted by Gasteiger charge is 2.14. The molecule has 0 aliphatic heterocycles. The van der Waals surface area contributed by atoms with Crippen LogP contribution in [0, 0.1) is 0 Å². The quantitative estimate of drug-likeness (QED) is 0.468. The average molecular weight is 443 g/mol. The molecule has 1 N–H and O–H groups in total.